The van der Waals surface area contributed by atoms with Gasteiger partial charge in [-0.15, -0.1) is 5.10 Å². The van der Waals surface area contributed by atoms with Gasteiger partial charge in [-0.05, 0) is 30.3 Å². The van der Waals surface area contributed by atoms with Gasteiger partial charge in [-0.25, -0.2) is 14.6 Å². The van der Waals surface area contributed by atoms with Gasteiger partial charge in [0.25, 0.3) is 0 Å². The molecule has 4 aromatic rings. The Balaban J connectivity index is 1.67. The minimum Gasteiger partial charge on any atom is -0.480 e. The number of hydrogen-bond donors (Lipinski definition) is 2. The number of pyridine rings is 1. The van der Waals surface area contributed by atoms with Gasteiger partial charge in [-0.3, -0.25) is 9.78 Å². The smallest absolute Gasteiger partial charge is 0.322 e. The van der Waals surface area contributed by atoms with Crippen LogP contribution in [0.1, 0.15) is 37.7 Å². The van der Waals surface area contributed by atoms with Gasteiger partial charge in [0.15, 0.2) is 0 Å². The quantitative estimate of drug-likeness (QED) is 0.416. The van der Waals surface area contributed by atoms with Gasteiger partial charge in [0, 0.05) is 16.7 Å². The van der Waals surface area contributed by atoms with E-state index in [1.165, 1.54) is 0 Å². The molecule has 2 N–H and O–H groups in total. The molecule has 35 heavy (non-hydrogen) atoms. The second-order valence-corrected chi connectivity index (χ2v) is 8.97. The van der Waals surface area contributed by atoms with Crippen LogP contribution in [0.25, 0.3) is 22.6 Å². The van der Waals surface area contributed by atoms with Crippen molar-refractivity contribution in [2.24, 2.45) is 0 Å². The van der Waals surface area contributed by atoms with E-state index in [0.717, 1.165) is 11.4 Å². The number of nitrogens with zero attached hydrogens (tertiary/aromatic N) is 7. The number of carboxylic acid groups (broad SMARTS) is 1. The highest BCUT2D eigenvalue weighted by Crippen LogP contribution is 2.25. The van der Waals surface area contributed by atoms with Crippen LogP contribution in [0.4, 0.5) is 5.95 Å². The van der Waals surface area contributed by atoms with Gasteiger partial charge in [-0.1, -0.05) is 44.2 Å². The minimum absolute atomic E-state index is 0.0664. The molecular weight excluding hydrogens is 444 g/mol. The molecule has 3 aromatic heterocycles. The zero-order chi connectivity index (χ0) is 25.0. The van der Waals surface area contributed by atoms with Gasteiger partial charge >= 0.3 is 5.97 Å². The zero-order valence-electron chi connectivity index (χ0n) is 19.6. The summed E-state index contributed by atoms with van der Waals surface area (Å²) in [6.07, 6.45) is 1.75. The first-order valence-corrected chi connectivity index (χ1v) is 10.9. The SMILES string of the molecule is CC(C)(C)c1cccc(Cn2cc(-c3cc(-c4cccc(C#N)c4)nc(NCC(=O)O)n3)nn2)n1. The Kier molecular flexibility index (Phi) is 6.51. The zero-order valence-corrected chi connectivity index (χ0v) is 19.6. The van der Waals surface area contributed by atoms with E-state index < -0.39 is 5.97 Å². The van der Waals surface area contributed by atoms with Crippen LogP contribution in [0.5, 0.6) is 0 Å². The summed E-state index contributed by atoms with van der Waals surface area (Å²) in [6.45, 7) is 6.43. The molecule has 0 aliphatic heterocycles. The Labute approximate surface area is 202 Å². The molecule has 1 aromatic carbocycles. The average molecular weight is 469 g/mol. The van der Waals surface area contributed by atoms with Crippen molar-refractivity contribution in [3.63, 3.8) is 0 Å². The summed E-state index contributed by atoms with van der Waals surface area (Å²) in [5.41, 5.74) is 4.44. The number of hydrogen-bond acceptors (Lipinski definition) is 8. The predicted octanol–water partition coefficient (Wildman–Crippen LogP) is 3.51. The van der Waals surface area contributed by atoms with Crippen molar-refractivity contribution >= 4 is 11.9 Å². The number of nitrogens with one attached hydrogen (secondary N) is 1. The second kappa shape index (κ2) is 9.69. The highest BCUT2D eigenvalue weighted by molar-refractivity contribution is 5.73. The van der Waals surface area contributed by atoms with E-state index in [4.69, 9.17) is 10.1 Å². The monoisotopic (exact) mass is 468 g/mol. The Bertz CT molecular complexity index is 1420. The Morgan fingerprint density at radius 2 is 1.83 bits per heavy atom. The molecule has 10 heteroatoms. The van der Waals surface area contributed by atoms with Crippen LogP contribution in [0.2, 0.25) is 0 Å². The number of nitriles is 1. The molecule has 176 valence electrons. The van der Waals surface area contributed by atoms with E-state index in [9.17, 15) is 10.1 Å². The van der Waals surface area contributed by atoms with Gasteiger partial charge in [0.2, 0.25) is 5.95 Å². The third-order valence-electron chi connectivity index (χ3n) is 5.11. The number of benzene rings is 1. The number of carbonyl (C=O) groups is 1. The van der Waals surface area contributed by atoms with Crippen LogP contribution >= 0.6 is 0 Å². The molecule has 0 unspecified atom stereocenters. The fraction of sp³-hybridized carbons (Fsp3) is 0.240. The number of aliphatic carboxylic acids is 1. The first kappa shape index (κ1) is 23.5. The molecule has 3 heterocycles. The summed E-state index contributed by atoms with van der Waals surface area (Å²) in [5, 5.41) is 29.5. The first-order chi connectivity index (χ1) is 16.7. The average Bonchev–Trinajstić information content (AvgIpc) is 3.31. The van der Waals surface area contributed by atoms with E-state index in [1.54, 1.807) is 35.1 Å². The third kappa shape index (κ3) is 5.83. The number of carboxylic acids is 1. The van der Waals surface area contributed by atoms with Crippen molar-refractivity contribution in [3.05, 3.63) is 71.7 Å². The normalized spacial score (nSPS) is 11.1. The van der Waals surface area contributed by atoms with Gasteiger partial charge in [-0.2, -0.15) is 5.26 Å². The Morgan fingerprint density at radius 3 is 2.57 bits per heavy atom. The summed E-state index contributed by atoms with van der Waals surface area (Å²) in [7, 11) is 0. The fourth-order valence-corrected chi connectivity index (χ4v) is 3.35. The Hall–Kier alpha value is -4.65. The van der Waals surface area contributed by atoms with Crippen LogP contribution in [0, 0.1) is 11.3 Å². The summed E-state index contributed by atoms with van der Waals surface area (Å²) in [6, 6.07) is 16.7. The standard InChI is InChI=1S/C25H24N8O2/c1-25(2,3)22-9-5-8-18(28-22)14-33-15-21(31-32-33)20-11-19(17-7-4-6-16(10-17)12-26)29-24(30-20)27-13-23(34)35/h4-11,15H,13-14H2,1-3H3,(H,34,35)(H,27,29,30). The lowest BCUT2D eigenvalue weighted by Gasteiger charge is -2.18. The minimum atomic E-state index is -1.04. The van der Waals surface area contributed by atoms with E-state index >= 15 is 0 Å². The molecule has 4 rings (SSSR count). The topological polar surface area (TPSA) is 142 Å². The molecule has 0 atom stereocenters. The van der Waals surface area contributed by atoms with Crippen LogP contribution in [0.15, 0.2) is 54.7 Å². The molecule has 0 spiro atoms. The first-order valence-electron chi connectivity index (χ1n) is 10.9. The van der Waals surface area contributed by atoms with Crippen LogP contribution < -0.4 is 5.32 Å². The van der Waals surface area contributed by atoms with E-state index in [-0.39, 0.29) is 17.9 Å². The van der Waals surface area contributed by atoms with Gasteiger partial charge < -0.3 is 10.4 Å². The maximum Gasteiger partial charge on any atom is 0.322 e. The molecule has 0 amide bonds. The third-order valence-corrected chi connectivity index (χ3v) is 5.11. The van der Waals surface area contributed by atoms with E-state index in [1.807, 2.05) is 24.3 Å². The predicted molar refractivity (Wildman–Crippen MR) is 129 cm³/mol. The lowest BCUT2D eigenvalue weighted by atomic mass is 9.91. The van der Waals surface area contributed by atoms with Crippen LogP contribution in [-0.4, -0.2) is 47.6 Å². The van der Waals surface area contributed by atoms with Gasteiger partial charge in [0.05, 0.1) is 41.5 Å². The van der Waals surface area contributed by atoms with Crippen LogP contribution in [0.3, 0.4) is 0 Å². The summed E-state index contributed by atoms with van der Waals surface area (Å²) >= 11 is 0. The number of rotatable bonds is 7. The summed E-state index contributed by atoms with van der Waals surface area (Å²) < 4.78 is 1.67. The van der Waals surface area contributed by atoms with Gasteiger partial charge in [0.1, 0.15) is 12.2 Å². The molecule has 0 aliphatic carbocycles. The van der Waals surface area contributed by atoms with Crippen molar-refractivity contribution in [3.8, 4) is 28.7 Å². The highest BCUT2D eigenvalue weighted by atomic mass is 16.4. The number of aromatic nitrogens is 6. The second-order valence-electron chi connectivity index (χ2n) is 8.97. The molecule has 10 nitrogen and oxygen atoms in total. The lowest BCUT2D eigenvalue weighted by Crippen LogP contribution is -2.15. The maximum atomic E-state index is 11.0. The molecule has 0 aliphatic rings. The summed E-state index contributed by atoms with van der Waals surface area (Å²) in [5.74, 6) is -0.903. The molecule has 0 radical (unpaired) electrons. The molecule has 0 saturated heterocycles. The molecular formula is C25H24N8O2. The lowest BCUT2D eigenvalue weighted by molar-refractivity contribution is -0.134. The maximum absolute atomic E-state index is 11.0. The fourth-order valence-electron chi connectivity index (χ4n) is 3.35. The highest BCUT2D eigenvalue weighted by Gasteiger charge is 2.16. The molecule has 0 saturated carbocycles. The van der Waals surface area contributed by atoms with Crippen molar-refractivity contribution in [1.82, 2.24) is 29.9 Å². The van der Waals surface area contributed by atoms with Crippen LogP contribution in [-0.2, 0) is 16.8 Å². The Morgan fingerprint density at radius 1 is 1.06 bits per heavy atom. The van der Waals surface area contributed by atoms with E-state index in [0.29, 0.717) is 34.8 Å². The van der Waals surface area contributed by atoms with Crippen molar-refractivity contribution in [2.45, 2.75) is 32.7 Å². The van der Waals surface area contributed by atoms with Crippen molar-refractivity contribution in [1.29, 1.82) is 5.26 Å². The summed E-state index contributed by atoms with van der Waals surface area (Å²) in [4.78, 5) is 24.6. The largest absolute Gasteiger partial charge is 0.480 e. The van der Waals surface area contributed by atoms with Crippen molar-refractivity contribution in [2.75, 3.05) is 11.9 Å². The van der Waals surface area contributed by atoms with Crippen molar-refractivity contribution < 1.29 is 9.90 Å². The molecule has 0 bridgehead atoms. The van der Waals surface area contributed by atoms with E-state index in [2.05, 4.69) is 52.4 Å². The number of anilines is 1. The molecule has 0 fully saturated rings.